The predicted molar refractivity (Wildman–Crippen MR) is 107 cm³/mol. The van der Waals surface area contributed by atoms with E-state index in [1.807, 2.05) is 13.8 Å². The predicted octanol–water partition coefficient (Wildman–Crippen LogP) is 4.01. The summed E-state index contributed by atoms with van der Waals surface area (Å²) in [4.78, 5) is 32.1. The van der Waals surface area contributed by atoms with Gasteiger partial charge in [-0.1, -0.05) is 0 Å². The fourth-order valence-corrected chi connectivity index (χ4v) is 4.75. The Morgan fingerprint density at radius 2 is 1.96 bits per heavy atom. The highest BCUT2D eigenvalue weighted by atomic mass is 32.1. The Bertz CT molecular complexity index is 1050. The Labute approximate surface area is 161 Å². The lowest BCUT2D eigenvalue weighted by atomic mass is 9.97. The zero-order valence-corrected chi connectivity index (χ0v) is 16.3. The summed E-state index contributed by atoms with van der Waals surface area (Å²) in [7, 11) is 0. The maximum absolute atomic E-state index is 13.0. The van der Waals surface area contributed by atoms with Crippen molar-refractivity contribution in [3.63, 3.8) is 0 Å². The second-order valence-corrected chi connectivity index (χ2v) is 8.27. The first-order valence-corrected chi connectivity index (χ1v) is 10.1. The van der Waals surface area contributed by atoms with Crippen molar-refractivity contribution in [2.24, 2.45) is 0 Å². The highest BCUT2D eigenvalue weighted by molar-refractivity contribution is 7.18. The summed E-state index contributed by atoms with van der Waals surface area (Å²) in [5, 5.41) is 0.714. The summed E-state index contributed by atoms with van der Waals surface area (Å²) in [5.41, 5.74) is 1.61. The number of Topliss-reactive ketones (excluding diaryl/α,β-unsaturated/α-hetero) is 1. The number of nitrogens with zero attached hydrogens (tertiary/aromatic N) is 2. The van der Waals surface area contributed by atoms with Gasteiger partial charge in [0.15, 0.2) is 5.78 Å². The van der Waals surface area contributed by atoms with Crippen LogP contribution in [0.4, 0.5) is 0 Å². The number of aromatic nitrogens is 2. The van der Waals surface area contributed by atoms with Crippen LogP contribution in [0.1, 0.15) is 47.5 Å². The van der Waals surface area contributed by atoms with E-state index in [1.54, 1.807) is 35.6 Å². The number of carbonyl (C=O) groups is 1. The zero-order chi connectivity index (χ0) is 19.0. The molecule has 1 aromatic carbocycles. The molecule has 6 heteroatoms. The van der Waals surface area contributed by atoms with E-state index < -0.39 is 0 Å². The van der Waals surface area contributed by atoms with Crippen LogP contribution in [0.25, 0.3) is 10.2 Å². The van der Waals surface area contributed by atoms with Gasteiger partial charge in [-0.05, 0) is 69.4 Å². The average molecular weight is 382 g/mol. The van der Waals surface area contributed by atoms with E-state index in [0.29, 0.717) is 10.9 Å². The van der Waals surface area contributed by atoms with Gasteiger partial charge in [-0.15, -0.1) is 11.3 Å². The molecule has 5 nitrogen and oxygen atoms in total. The molecule has 0 atom stereocenters. The number of fused-ring (bicyclic) bond motifs is 3. The molecule has 0 unspecified atom stereocenters. The number of thiophene rings is 1. The molecule has 1 aliphatic carbocycles. The number of ether oxygens (including phenoxy) is 1. The fraction of sp³-hybridized carbons (Fsp3) is 0.381. The second-order valence-electron chi connectivity index (χ2n) is 7.18. The molecule has 4 rings (SSSR count). The summed E-state index contributed by atoms with van der Waals surface area (Å²) < 4.78 is 7.04. The third-order valence-corrected chi connectivity index (χ3v) is 6.00. The molecule has 1 aliphatic rings. The lowest BCUT2D eigenvalue weighted by Gasteiger charge is -2.11. The molecule has 27 heavy (non-hydrogen) atoms. The van der Waals surface area contributed by atoms with Gasteiger partial charge < -0.3 is 4.74 Å². The zero-order valence-electron chi connectivity index (χ0n) is 15.5. The molecule has 0 fully saturated rings. The van der Waals surface area contributed by atoms with E-state index >= 15 is 0 Å². The number of ketones is 1. The minimum Gasteiger partial charge on any atom is -0.491 e. The molecule has 0 N–H and O–H groups in total. The number of hydrogen-bond acceptors (Lipinski definition) is 5. The van der Waals surface area contributed by atoms with Crippen molar-refractivity contribution < 1.29 is 9.53 Å². The topological polar surface area (TPSA) is 61.2 Å². The van der Waals surface area contributed by atoms with Crippen LogP contribution in [0.3, 0.4) is 0 Å². The van der Waals surface area contributed by atoms with Gasteiger partial charge in [0.1, 0.15) is 10.6 Å². The molecule has 0 bridgehead atoms. The smallest absolute Gasteiger partial charge is 0.262 e. The molecule has 0 amide bonds. The first-order valence-electron chi connectivity index (χ1n) is 9.32. The molecule has 3 aromatic rings. The van der Waals surface area contributed by atoms with E-state index in [2.05, 4.69) is 4.98 Å². The first-order chi connectivity index (χ1) is 13.0. The Kier molecular flexibility index (Phi) is 4.83. The highest BCUT2D eigenvalue weighted by Gasteiger charge is 2.20. The van der Waals surface area contributed by atoms with Crippen LogP contribution < -0.4 is 10.3 Å². The van der Waals surface area contributed by atoms with Crippen molar-refractivity contribution in [2.75, 3.05) is 0 Å². The van der Waals surface area contributed by atoms with Crippen LogP contribution in [-0.4, -0.2) is 21.4 Å². The molecule has 2 aromatic heterocycles. The standard InChI is InChI=1S/C21H22N2O3S/c1-13(2)26-15-9-7-14(8-10-15)17(24)11-23-12-22-20-19(21(23)25)16-5-3-4-6-18(16)27-20/h7-10,12-13H,3-6,11H2,1-2H3. The van der Waals surface area contributed by atoms with E-state index in [1.165, 1.54) is 22.2 Å². The molecular formula is C21H22N2O3S. The quantitative estimate of drug-likeness (QED) is 0.626. The van der Waals surface area contributed by atoms with E-state index in [4.69, 9.17) is 4.74 Å². The van der Waals surface area contributed by atoms with Crippen LogP contribution in [0.2, 0.25) is 0 Å². The Hall–Kier alpha value is -2.47. The van der Waals surface area contributed by atoms with Crippen LogP contribution >= 0.6 is 11.3 Å². The SMILES string of the molecule is CC(C)Oc1ccc(C(=O)Cn2cnc3sc4c(c3c2=O)CCCC4)cc1. The molecule has 140 valence electrons. The molecule has 2 heterocycles. The van der Waals surface area contributed by atoms with Gasteiger partial charge in [0.25, 0.3) is 5.56 Å². The third-order valence-electron chi connectivity index (χ3n) is 4.80. The minimum absolute atomic E-state index is 0.00320. The lowest BCUT2D eigenvalue weighted by Crippen LogP contribution is -2.25. The first kappa shape index (κ1) is 17.9. The number of carbonyl (C=O) groups excluding carboxylic acids is 1. The Morgan fingerprint density at radius 3 is 2.70 bits per heavy atom. The second kappa shape index (κ2) is 7.27. The third kappa shape index (κ3) is 3.54. The van der Waals surface area contributed by atoms with Crippen molar-refractivity contribution in [3.05, 3.63) is 57.0 Å². The van der Waals surface area contributed by atoms with E-state index in [9.17, 15) is 9.59 Å². The summed E-state index contributed by atoms with van der Waals surface area (Å²) in [6, 6.07) is 7.05. The van der Waals surface area contributed by atoms with E-state index in [0.717, 1.165) is 35.4 Å². The molecule has 0 saturated heterocycles. The van der Waals surface area contributed by atoms with Gasteiger partial charge in [0.2, 0.25) is 0 Å². The van der Waals surface area contributed by atoms with Gasteiger partial charge in [-0.2, -0.15) is 0 Å². The highest BCUT2D eigenvalue weighted by Crippen LogP contribution is 2.33. The summed E-state index contributed by atoms with van der Waals surface area (Å²) in [5.74, 6) is 0.616. The largest absolute Gasteiger partial charge is 0.491 e. The number of benzene rings is 1. The maximum Gasteiger partial charge on any atom is 0.262 e. The van der Waals surface area contributed by atoms with Crippen molar-refractivity contribution >= 4 is 27.3 Å². The van der Waals surface area contributed by atoms with Crippen LogP contribution in [0.15, 0.2) is 35.4 Å². The summed E-state index contributed by atoms with van der Waals surface area (Å²) >= 11 is 1.62. The van der Waals surface area contributed by atoms with Crippen molar-refractivity contribution in [1.82, 2.24) is 9.55 Å². The van der Waals surface area contributed by atoms with Crippen molar-refractivity contribution in [1.29, 1.82) is 0 Å². The fourth-order valence-electron chi connectivity index (χ4n) is 3.53. The van der Waals surface area contributed by atoms with Crippen LogP contribution in [0, 0.1) is 0 Å². The van der Waals surface area contributed by atoms with E-state index in [-0.39, 0.29) is 24.0 Å². The molecule has 0 radical (unpaired) electrons. The normalized spacial score (nSPS) is 13.7. The molecule has 0 saturated carbocycles. The number of aryl methyl sites for hydroxylation is 2. The molecular weight excluding hydrogens is 360 g/mol. The summed E-state index contributed by atoms with van der Waals surface area (Å²) in [6.07, 6.45) is 5.82. The van der Waals surface area contributed by atoms with Gasteiger partial charge in [-0.3, -0.25) is 14.2 Å². The minimum atomic E-state index is -0.113. The van der Waals surface area contributed by atoms with Crippen molar-refractivity contribution in [2.45, 2.75) is 52.2 Å². The van der Waals surface area contributed by atoms with Gasteiger partial charge >= 0.3 is 0 Å². The lowest BCUT2D eigenvalue weighted by molar-refractivity contribution is 0.0970. The maximum atomic E-state index is 13.0. The number of hydrogen-bond donors (Lipinski definition) is 0. The van der Waals surface area contributed by atoms with Gasteiger partial charge in [0, 0.05) is 10.4 Å². The Balaban J connectivity index is 1.60. The average Bonchev–Trinajstić information content (AvgIpc) is 3.03. The van der Waals surface area contributed by atoms with Crippen LogP contribution in [-0.2, 0) is 19.4 Å². The monoisotopic (exact) mass is 382 g/mol. The molecule has 0 spiro atoms. The number of rotatable bonds is 5. The van der Waals surface area contributed by atoms with Crippen molar-refractivity contribution in [3.8, 4) is 5.75 Å². The van der Waals surface area contributed by atoms with Gasteiger partial charge in [-0.25, -0.2) is 4.98 Å². The summed E-state index contributed by atoms with van der Waals surface area (Å²) in [6.45, 7) is 3.91. The molecule has 0 aliphatic heterocycles. The Morgan fingerprint density at radius 1 is 1.22 bits per heavy atom. The van der Waals surface area contributed by atoms with Crippen LogP contribution in [0.5, 0.6) is 5.75 Å². The van der Waals surface area contributed by atoms with Gasteiger partial charge in [0.05, 0.1) is 24.4 Å².